The lowest BCUT2D eigenvalue weighted by atomic mass is 10.0. The Hall–Kier alpha value is -2.02. The van der Waals surface area contributed by atoms with E-state index in [0.717, 1.165) is 16.7 Å². The van der Waals surface area contributed by atoms with E-state index in [-0.39, 0.29) is 12.3 Å². The number of amides is 1. The van der Waals surface area contributed by atoms with Crippen molar-refractivity contribution in [1.82, 2.24) is 0 Å². The molecule has 4 heteroatoms. The zero-order chi connectivity index (χ0) is 13.0. The Balaban J connectivity index is 3.19. The Morgan fingerprint density at radius 2 is 2.06 bits per heavy atom. The highest BCUT2D eigenvalue weighted by molar-refractivity contribution is 5.94. The molecule has 17 heavy (non-hydrogen) atoms. The predicted molar refractivity (Wildman–Crippen MR) is 66.1 cm³/mol. The Labute approximate surface area is 101 Å². The molecule has 0 saturated heterocycles. The lowest BCUT2D eigenvalue weighted by molar-refractivity contribution is -0.115. The van der Waals surface area contributed by atoms with Crippen LogP contribution in [0.2, 0.25) is 0 Å². The van der Waals surface area contributed by atoms with Crippen LogP contribution in [0.15, 0.2) is 6.07 Å². The summed E-state index contributed by atoms with van der Waals surface area (Å²) in [7, 11) is 1.57. The quantitative estimate of drug-likeness (QED) is 0.870. The summed E-state index contributed by atoms with van der Waals surface area (Å²) in [4.78, 5) is 11.4. The molecule has 0 spiro atoms. The molecule has 0 bridgehead atoms. The number of rotatable bonds is 3. The molecule has 0 aliphatic rings. The smallest absolute Gasteiger partial charge is 0.238 e. The first-order chi connectivity index (χ1) is 8.01. The van der Waals surface area contributed by atoms with Gasteiger partial charge in [-0.3, -0.25) is 4.79 Å². The third-order valence-electron chi connectivity index (χ3n) is 2.69. The molecule has 0 unspecified atom stereocenters. The molecule has 0 radical (unpaired) electrons. The van der Waals surface area contributed by atoms with Gasteiger partial charge in [-0.15, -0.1) is 0 Å². The molecular formula is C13H16N2O2. The van der Waals surface area contributed by atoms with E-state index in [4.69, 9.17) is 10.00 Å². The summed E-state index contributed by atoms with van der Waals surface area (Å²) in [5.41, 5.74) is 3.68. The number of nitriles is 1. The summed E-state index contributed by atoms with van der Waals surface area (Å²) in [5, 5.41) is 11.2. The third kappa shape index (κ3) is 2.76. The van der Waals surface area contributed by atoms with Crippen molar-refractivity contribution in [2.45, 2.75) is 27.2 Å². The van der Waals surface area contributed by atoms with Crippen molar-refractivity contribution in [2.75, 3.05) is 12.4 Å². The summed E-state index contributed by atoms with van der Waals surface area (Å²) >= 11 is 0. The van der Waals surface area contributed by atoms with Gasteiger partial charge in [-0.25, -0.2) is 0 Å². The Morgan fingerprint density at radius 1 is 1.41 bits per heavy atom. The number of ether oxygens (including phenoxy) is 1. The van der Waals surface area contributed by atoms with E-state index in [0.29, 0.717) is 11.4 Å². The highest BCUT2D eigenvalue weighted by Crippen LogP contribution is 2.34. The van der Waals surface area contributed by atoms with Crippen LogP contribution in [0.25, 0.3) is 0 Å². The van der Waals surface area contributed by atoms with Gasteiger partial charge in [0.1, 0.15) is 12.2 Å². The van der Waals surface area contributed by atoms with Crippen LogP contribution in [0.5, 0.6) is 5.75 Å². The number of methoxy groups -OCH3 is 1. The highest BCUT2D eigenvalue weighted by Gasteiger charge is 2.14. The van der Waals surface area contributed by atoms with Gasteiger partial charge in [0.25, 0.3) is 0 Å². The van der Waals surface area contributed by atoms with Crippen LogP contribution in [0.3, 0.4) is 0 Å². The Morgan fingerprint density at radius 3 is 2.59 bits per heavy atom. The number of nitrogens with one attached hydrogen (secondary N) is 1. The second-order valence-corrected chi connectivity index (χ2v) is 3.93. The second kappa shape index (κ2) is 5.35. The lowest BCUT2D eigenvalue weighted by Crippen LogP contribution is -2.13. The molecule has 0 heterocycles. The maximum atomic E-state index is 11.4. The number of anilines is 1. The summed E-state index contributed by atoms with van der Waals surface area (Å²) in [6.45, 7) is 5.83. The largest absolute Gasteiger partial charge is 0.494 e. The van der Waals surface area contributed by atoms with E-state index < -0.39 is 0 Å². The maximum absolute atomic E-state index is 11.4. The zero-order valence-corrected chi connectivity index (χ0v) is 10.5. The minimum absolute atomic E-state index is 0.157. The molecule has 1 N–H and O–H groups in total. The average Bonchev–Trinajstić information content (AvgIpc) is 2.27. The van der Waals surface area contributed by atoms with Gasteiger partial charge < -0.3 is 10.1 Å². The molecule has 1 rings (SSSR count). The Kier molecular flexibility index (Phi) is 4.11. The van der Waals surface area contributed by atoms with Crippen molar-refractivity contribution in [3.05, 3.63) is 22.8 Å². The average molecular weight is 232 g/mol. The number of hydrogen-bond donors (Lipinski definition) is 1. The minimum Gasteiger partial charge on any atom is -0.494 e. The summed E-state index contributed by atoms with van der Waals surface area (Å²) in [6, 6.07) is 3.80. The Bertz CT molecular complexity index is 487. The van der Waals surface area contributed by atoms with E-state index in [1.165, 1.54) is 0 Å². The number of benzene rings is 1. The fourth-order valence-corrected chi connectivity index (χ4v) is 1.72. The van der Waals surface area contributed by atoms with Gasteiger partial charge in [-0.1, -0.05) is 6.07 Å². The van der Waals surface area contributed by atoms with Crippen LogP contribution in [-0.2, 0) is 4.79 Å². The normalized spacial score (nSPS) is 9.59. The molecule has 90 valence electrons. The zero-order valence-electron chi connectivity index (χ0n) is 10.5. The highest BCUT2D eigenvalue weighted by atomic mass is 16.5. The first-order valence-corrected chi connectivity index (χ1v) is 5.32. The predicted octanol–water partition coefficient (Wildman–Crippen LogP) is 2.47. The molecule has 1 aromatic carbocycles. The van der Waals surface area contributed by atoms with Crippen molar-refractivity contribution in [3.8, 4) is 11.8 Å². The van der Waals surface area contributed by atoms with E-state index in [1.807, 2.05) is 32.9 Å². The van der Waals surface area contributed by atoms with Gasteiger partial charge in [-0.2, -0.15) is 5.26 Å². The molecule has 0 aliphatic heterocycles. The molecule has 0 fully saturated rings. The van der Waals surface area contributed by atoms with Gasteiger partial charge in [0.2, 0.25) is 5.91 Å². The summed E-state index contributed by atoms with van der Waals surface area (Å²) < 4.78 is 5.32. The molecule has 0 aliphatic carbocycles. The number of carbonyl (C=O) groups excluding carboxylic acids is 1. The number of nitrogens with zero attached hydrogens (tertiary/aromatic N) is 1. The van der Waals surface area contributed by atoms with Crippen molar-refractivity contribution < 1.29 is 9.53 Å². The number of aryl methyl sites for hydroxylation is 2. The van der Waals surface area contributed by atoms with Gasteiger partial charge >= 0.3 is 0 Å². The first kappa shape index (κ1) is 13.0. The van der Waals surface area contributed by atoms with E-state index >= 15 is 0 Å². The minimum atomic E-state index is -0.322. The van der Waals surface area contributed by atoms with E-state index in [2.05, 4.69) is 5.32 Å². The number of carbonyl (C=O) groups is 1. The molecule has 4 nitrogen and oxygen atoms in total. The number of hydrogen-bond acceptors (Lipinski definition) is 3. The van der Waals surface area contributed by atoms with Crippen molar-refractivity contribution in [1.29, 1.82) is 5.26 Å². The molecule has 1 aromatic rings. The van der Waals surface area contributed by atoms with E-state index in [1.54, 1.807) is 7.11 Å². The second-order valence-electron chi connectivity index (χ2n) is 3.93. The standard InChI is InChI=1S/C13H16N2O2/c1-8-7-9(2)12(13(17-4)10(8)3)15-11(16)5-6-14/h7H,5H2,1-4H3,(H,15,16). The van der Waals surface area contributed by atoms with Gasteiger partial charge in [0.05, 0.1) is 18.9 Å². The maximum Gasteiger partial charge on any atom is 0.238 e. The van der Waals surface area contributed by atoms with Crippen LogP contribution < -0.4 is 10.1 Å². The lowest BCUT2D eigenvalue weighted by Gasteiger charge is -2.16. The topological polar surface area (TPSA) is 62.1 Å². The van der Waals surface area contributed by atoms with Gasteiger partial charge in [0, 0.05) is 0 Å². The van der Waals surface area contributed by atoms with Crippen LogP contribution in [-0.4, -0.2) is 13.0 Å². The fourth-order valence-electron chi connectivity index (χ4n) is 1.72. The molecule has 1 amide bonds. The van der Waals surface area contributed by atoms with Gasteiger partial charge in [-0.05, 0) is 37.5 Å². The monoisotopic (exact) mass is 232 g/mol. The molecular weight excluding hydrogens is 216 g/mol. The molecule has 0 aromatic heterocycles. The van der Waals surface area contributed by atoms with Crippen LogP contribution >= 0.6 is 0 Å². The molecule has 0 saturated carbocycles. The molecule has 0 atom stereocenters. The summed E-state index contributed by atoms with van der Waals surface area (Å²) in [5.74, 6) is 0.339. The fraction of sp³-hybridized carbons (Fsp3) is 0.385. The van der Waals surface area contributed by atoms with Crippen molar-refractivity contribution in [3.63, 3.8) is 0 Å². The third-order valence-corrected chi connectivity index (χ3v) is 2.69. The van der Waals surface area contributed by atoms with Crippen LogP contribution in [0.4, 0.5) is 5.69 Å². The summed E-state index contributed by atoms with van der Waals surface area (Å²) in [6.07, 6.45) is -0.157. The van der Waals surface area contributed by atoms with Crippen molar-refractivity contribution in [2.24, 2.45) is 0 Å². The van der Waals surface area contributed by atoms with E-state index in [9.17, 15) is 4.79 Å². The first-order valence-electron chi connectivity index (χ1n) is 5.32. The van der Waals surface area contributed by atoms with Crippen molar-refractivity contribution >= 4 is 11.6 Å². The van der Waals surface area contributed by atoms with Gasteiger partial charge in [0.15, 0.2) is 0 Å². The van der Waals surface area contributed by atoms with Crippen LogP contribution in [0.1, 0.15) is 23.1 Å². The van der Waals surface area contributed by atoms with Crippen LogP contribution in [0, 0.1) is 32.1 Å². The SMILES string of the molecule is COc1c(C)c(C)cc(C)c1NC(=O)CC#N.